The van der Waals surface area contributed by atoms with Crippen molar-refractivity contribution in [2.45, 2.75) is 25.4 Å². The lowest BCUT2D eigenvalue weighted by molar-refractivity contribution is 0.147. The van der Waals surface area contributed by atoms with Crippen LogP contribution in [0.15, 0.2) is 18.3 Å². The Hall–Kier alpha value is -1.04. The van der Waals surface area contributed by atoms with Gasteiger partial charge in [0.1, 0.15) is 5.82 Å². The van der Waals surface area contributed by atoms with Crippen molar-refractivity contribution in [1.29, 1.82) is 0 Å². The van der Waals surface area contributed by atoms with Gasteiger partial charge in [-0.1, -0.05) is 6.92 Å². The van der Waals surface area contributed by atoms with Gasteiger partial charge in [0.2, 0.25) is 0 Å². The predicted octanol–water partition coefficient (Wildman–Crippen LogP) is 1.58. The molecule has 2 rings (SSSR count). The van der Waals surface area contributed by atoms with E-state index in [0.29, 0.717) is 6.04 Å². The van der Waals surface area contributed by atoms with Crippen molar-refractivity contribution in [3.05, 3.63) is 29.8 Å². The van der Waals surface area contributed by atoms with Crippen LogP contribution in [0.4, 0.5) is 4.39 Å². The maximum absolute atomic E-state index is 12.8. The molecule has 0 radical (unpaired) electrons. The molecule has 1 aliphatic heterocycles. The Labute approximate surface area is 113 Å². The van der Waals surface area contributed by atoms with Gasteiger partial charge in [0.25, 0.3) is 0 Å². The summed E-state index contributed by atoms with van der Waals surface area (Å²) in [6, 6.07) is 3.37. The summed E-state index contributed by atoms with van der Waals surface area (Å²) in [6.07, 6.45) is 2.30. The van der Waals surface area contributed by atoms with Gasteiger partial charge in [-0.05, 0) is 31.5 Å². The van der Waals surface area contributed by atoms with Crippen LogP contribution in [-0.2, 0) is 4.74 Å². The molecular weight excluding hydrogens is 245 g/mol. The minimum absolute atomic E-state index is 0.176. The highest BCUT2D eigenvalue weighted by Crippen LogP contribution is 2.20. The fourth-order valence-electron chi connectivity index (χ4n) is 2.46. The molecule has 1 saturated heterocycles. The standard InChI is InChI=1S/C14H22FN3O/c1-10(8-18(2)12-5-6-19-9-12)14(16)13-4-3-11(15)7-17-13/h3-4,7,10,12,14H,5-6,8-9,16H2,1-2H3. The quantitative estimate of drug-likeness (QED) is 0.880. The summed E-state index contributed by atoms with van der Waals surface area (Å²) in [7, 11) is 2.10. The number of ether oxygens (including phenoxy) is 1. The van der Waals surface area contributed by atoms with Gasteiger partial charge in [0.15, 0.2) is 0 Å². The number of pyridine rings is 1. The topological polar surface area (TPSA) is 51.4 Å². The molecule has 5 heteroatoms. The molecule has 0 bridgehead atoms. The van der Waals surface area contributed by atoms with Crippen LogP contribution in [0.3, 0.4) is 0 Å². The van der Waals surface area contributed by atoms with Crippen molar-refractivity contribution in [3.8, 4) is 0 Å². The van der Waals surface area contributed by atoms with E-state index in [4.69, 9.17) is 10.5 Å². The molecule has 0 aromatic carbocycles. The van der Waals surface area contributed by atoms with E-state index in [0.717, 1.165) is 31.9 Å². The van der Waals surface area contributed by atoms with E-state index < -0.39 is 0 Å². The van der Waals surface area contributed by atoms with Crippen molar-refractivity contribution in [2.24, 2.45) is 11.7 Å². The van der Waals surface area contributed by atoms with Crippen molar-refractivity contribution in [3.63, 3.8) is 0 Å². The van der Waals surface area contributed by atoms with Crippen molar-refractivity contribution in [2.75, 3.05) is 26.8 Å². The van der Waals surface area contributed by atoms with E-state index in [9.17, 15) is 4.39 Å². The van der Waals surface area contributed by atoms with Gasteiger partial charge in [-0.15, -0.1) is 0 Å². The molecule has 2 N–H and O–H groups in total. The van der Waals surface area contributed by atoms with E-state index in [1.807, 2.05) is 0 Å². The fourth-order valence-corrected chi connectivity index (χ4v) is 2.46. The molecule has 0 amide bonds. The second-order valence-corrected chi connectivity index (χ2v) is 5.36. The number of rotatable bonds is 5. The Morgan fingerprint density at radius 3 is 2.95 bits per heavy atom. The molecule has 19 heavy (non-hydrogen) atoms. The molecule has 3 atom stereocenters. The van der Waals surface area contributed by atoms with E-state index >= 15 is 0 Å². The largest absolute Gasteiger partial charge is 0.380 e. The Bertz CT molecular complexity index is 392. The summed E-state index contributed by atoms with van der Waals surface area (Å²) in [5.41, 5.74) is 6.93. The van der Waals surface area contributed by atoms with Gasteiger partial charge in [-0.2, -0.15) is 0 Å². The molecule has 0 aliphatic carbocycles. The maximum Gasteiger partial charge on any atom is 0.141 e. The zero-order chi connectivity index (χ0) is 13.8. The summed E-state index contributed by atoms with van der Waals surface area (Å²) in [5.74, 6) is -0.0765. The number of halogens is 1. The third-order valence-electron chi connectivity index (χ3n) is 3.81. The van der Waals surface area contributed by atoms with Crippen LogP contribution in [0.1, 0.15) is 25.1 Å². The SMILES string of the molecule is CC(CN(C)C1CCOC1)C(N)c1ccc(F)cn1. The van der Waals surface area contributed by atoms with Gasteiger partial charge in [-0.3, -0.25) is 4.98 Å². The van der Waals surface area contributed by atoms with Gasteiger partial charge in [-0.25, -0.2) is 4.39 Å². The van der Waals surface area contributed by atoms with Gasteiger partial charge < -0.3 is 15.4 Å². The first-order chi connectivity index (χ1) is 9.08. The highest BCUT2D eigenvalue weighted by atomic mass is 19.1. The minimum Gasteiger partial charge on any atom is -0.380 e. The normalized spacial score (nSPS) is 22.7. The Kier molecular flexibility index (Phi) is 4.85. The Morgan fingerprint density at radius 2 is 2.37 bits per heavy atom. The second-order valence-electron chi connectivity index (χ2n) is 5.36. The average Bonchev–Trinajstić information content (AvgIpc) is 2.92. The summed E-state index contributed by atoms with van der Waals surface area (Å²) in [4.78, 5) is 6.35. The van der Waals surface area contributed by atoms with Crippen molar-refractivity contribution < 1.29 is 9.13 Å². The van der Waals surface area contributed by atoms with Gasteiger partial charge >= 0.3 is 0 Å². The van der Waals surface area contributed by atoms with Crippen LogP contribution < -0.4 is 5.73 Å². The smallest absolute Gasteiger partial charge is 0.141 e. The number of aromatic nitrogens is 1. The molecule has 1 fully saturated rings. The fraction of sp³-hybridized carbons (Fsp3) is 0.643. The van der Waals surface area contributed by atoms with Crippen LogP contribution in [0.2, 0.25) is 0 Å². The van der Waals surface area contributed by atoms with E-state index in [1.165, 1.54) is 12.3 Å². The Morgan fingerprint density at radius 1 is 1.58 bits per heavy atom. The molecule has 0 spiro atoms. The van der Waals surface area contributed by atoms with Gasteiger partial charge in [0, 0.05) is 19.2 Å². The highest BCUT2D eigenvalue weighted by molar-refractivity contribution is 5.10. The molecule has 1 aromatic rings. The molecule has 4 nitrogen and oxygen atoms in total. The zero-order valence-corrected chi connectivity index (χ0v) is 11.6. The minimum atomic E-state index is -0.330. The highest BCUT2D eigenvalue weighted by Gasteiger charge is 2.24. The zero-order valence-electron chi connectivity index (χ0n) is 11.6. The third kappa shape index (κ3) is 3.72. The maximum atomic E-state index is 12.8. The molecule has 0 saturated carbocycles. The molecule has 106 valence electrons. The summed E-state index contributed by atoms with van der Waals surface area (Å²) in [6.45, 7) is 4.62. The molecule has 3 unspecified atom stereocenters. The Balaban J connectivity index is 1.91. The lowest BCUT2D eigenvalue weighted by atomic mass is 9.98. The van der Waals surface area contributed by atoms with Crippen LogP contribution in [-0.4, -0.2) is 42.7 Å². The lowest BCUT2D eigenvalue weighted by Gasteiger charge is -2.28. The summed E-state index contributed by atoms with van der Waals surface area (Å²) < 4.78 is 18.2. The summed E-state index contributed by atoms with van der Waals surface area (Å²) >= 11 is 0. The first-order valence-corrected chi connectivity index (χ1v) is 6.73. The molecule has 1 aromatic heterocycles. The monoisotopic (exact) mass is 267 g/mol. The van der Waals surface area contributed by atoms with Crippen molar-refractivity contribution >= 4 is 0 Å². The summed E-state index contributed by atoms with van der Waals surface area (Å²) in [5, 5.41) is 0. The number of nitrogens with two attached hydrogens (primary N) is 1. The van der Waals surface area contributed by atoms with Crippen LogP contribution in [0.25, 0.3) is 0 Å². The van der Waals surface area contributed by atoms with Gasteiger partial charge in [0.05, 0.1) is 24.5 Å². The number of likely N-dealkylation sites (N-methyl/N-ethyl adjacent to an activating group) is 1. The third-order valence-corrected chi connectivity index (χ3v) is 3.81. The number of hydrogen-bond donors (Lipinski definition) is 1. The molecule has 1 aliphatic rings. The second kappa shape index (κ2) is 6.41. The van der Waals surface area contributed by atoms with E-state index in [1.54, 1.807) is 6.07 Å². The number of nitrogens with zero attached hydrogens (tertiary/aromatic N) is 2. The van der Waals surface area contributed by atoms with Crippen LogP contribution in [0.5, 0.6) is 0 Å². The van der Waals surface area contributed by atoms with E-state index in [-0.39, 0.29) is 17.8 Å². The predicted molar refractivity (Wildman–Crippen MR) is 72.1 cm³/mol. The lowest BCUT2D eigenvalue weighted by Crippen LogP contribution is -2.38. The van der Waals surface area contributed by atoms with Crippen LogP contribution in [0, 0.1) is 11.7 Å². The molecular formula is C14H22FN3O. The average molecular weight is 267 g/mol. The number of hydrogen-bond acceptors (Lipinski definition) is 4. The first-order valence-electron chi connectivity index (χ1n) is 6.73. The van der Waals surface area contributed by atoms with Crippen molar-refractivity contribution in [1.82, 2.24) is 9.88 Å². The van der Waals surface area contributed by atoms with E-state index in [2.05, 4.69) is 23.9 Å². The molecule has 2 heterocycles. The van der Waals surface area contributed by atoms with Crippen LogP contribution >= 0.6 is 0 Å². The first kappa shape index (κ1) is 14.4.